The van der Waals surface area contributed by atoms with E-state index < -0.39 is 15.1 Å². The highest BCUT2D eigenvalue weighted by Crippen LogP contribution is 2.42. The van der Waals surface area contributed by atoms with Crippen LogP contribution in [0, 0.1) is 5.92 Å². The number of fused-ring (bicyclic) bond motifs is 1. The minimum absolute atomic E-state index is 0.0966. The van der Waals surface area contributed by atoms with E-state index in [1.54, 1.807) is 30.3 Å². The number of carbonyl (C=O) groups is 1. The first-order chi connectivity index (χ1) is 9.54. The van der Waals surface area contributed by atoms with Gasteiger partial charge in [-0.2, -0.15) is 0 Å². The van der Waals surface area contributed by atoms with E-state index in [1.807, 2.05) is 0 Å². The molecule has 0 aromatic heterocycles. The van der Waals surface area contributed by atoms with Gasteiger partial charge in [0.25, 0.3) is 0 Å². The van der Waals surface area contributed by atoms with Crippen LogP contribution in [0.15, 0.2) is 53.1 Å². The number of benzene rings is 1. The molecule has 0 radical (unpaired) electrons. The quantitative estimate of drug-likeness (QED) is 0.838. The van der Waals surface area contributed by atoms with Gasteiger partial charge in [0.1, 0.15) is 0 Å². The van der Waals surface area contributed by atoms with Gasteiger partial charge in [0.15, 0.2) is 9.84 Å². The van der Waals surface area contributed by atoms with Crippen molar-refractivity contribution < 1.29 is 13.2 Å². The molecule has 1 aromatic rings. The molecule has 1 heterocycles. The number of rotatable bonds is 2. The molecule has 20 heavy (non-hydrogen) atoms. The van der Waals surface area contributed by atoms with Crippen LogP contribution in [0.5, 0.6) is 0 Å². The van der Waals surface area contributed by atoms with E-state index in [2.05, 4.69) is 17.6 Å². The fourth-order valence-electron chi connectivity index (χ4n) is 3.16. The first-order valence-corrected chi connectivity index (χ1v) is 8.06. The van der Waals surface area contributed by atoms with Gasteiger partial charge in [-0.05, 0) is 24.1 Å². The third-order valence-corrected chi connectivity index (χ3v) is 6.38. The summed E-state index contributed by atoms with van der Waals surface area (Å²) in [6.07, 6.45) is 0.656. The summed E-state index contributed by atoms with van der Waals surface area (Å²) in [5, 5.41) is 2.26. The molecule has 1 unspecified atom stereocenters. The normalized spacial score (nSPS) is 28.9. The predicted molar refractivity (Wildman–Crippen MR) is 74.7 cm³/mol. The highest BCUT2D eigenvalue weighted by molar-refractivity contribution is 7.92. The zero-order valence-corrected chi connectivity index (χ0v) is 11.7. The van der Waals surface area contributed by atoms with Gasteiger partial charge < -0.3 is 5.32 Å². The molecule has 5 heteroatoms. The summed E-state index contributed by atoms with van der Waals surface area (Å²) < 4.78 is 25.5. The second-order valence-corrected chi connectivity index (χ2v) is 7.38. The van der Waals surface area contributed by atoms with Crippen LogP contribution < -0.4 is 5.32 Å². The SMILES string of the molecule is C=C=C1CC(S(=O)(=O)c2ccccc2)[C@H]2CC(=O)N[C@@H]12. The van der Waals surface area contributed by atoms with Crippen molar-refractivity contribution in [2.45, 2.75) is 29.0 Å². The number of nitrogens with one attached hydrogen (secondary N) is 1. The Hall–Kier alpha value is -1.84. The van der Waals surface area contributed by atoms with E-state index in [-0.39, 0.29) is 24.3 Å². The zero-order valence-electron chi connectivity index (χ0n) is 10.9. The lowest BCUT2D eigenvalue weighted by molar-refractivity contribution is -0.119. The minimum atomic E-state index is -3.44. The van der Waals surface area contributed by atoms with Crippen LogP contribution in [0.25, 0.3) is 0 Å². The molecule has 0 bridgehead atoms. The maximum absolute atomic E-state index is 12.7. The van der Waals surface area contributed by atoms with Gasteiger partial charge in [0, 0.05) is 12.3 Å². The van der Waals surface area contributed by atoms with Gasteiger partial charge in [0.2, 0.25) is 5.91 Å². The molecule has 1 aromatic carbocycles. The van der Waals surface area contributed by atoms with Crippen molar-refractivity contribution >= 4 is 15.7 Å². The highest BCUT2D eigenvalue weighted by atomic mass is 32.2. The third-order valence-electron chi connectivity index (χ3n) is 4.14. The number of hydrogen-bond donors (Lipinski definition) is 1. The summed E-state index contributed by atoms with van der Waals surface area (Å²) >= 11 is 0. The highest BCUT2D eigenvalue weighted by Gasteiger charge is 2.51. The molecule has 1 amide bonds. The second-order valence-electron chi connectivity index (χ2n) is 5.22. The van der Waals surface area contributed by atoms with E-state index in [4.69, 9.17) is 0 Å². The van der Waals surface area contributed by atoms with E-state index in [9.17, 15) is 13.2 Å². The van der Waals surface area contributed by atoms with Crippen molar-refractivity contribution in [3.8, 4) is 0 Å². The lowest BCUT2D eigenvalue weighted by Crippen LogP contribution is -2.30. The first-order valence-electron chi connectivity index (χ1n) is 6.51. The molecule has 0 spiro atoms. The smallest absolute Gasteiger partial charge is 0.220 e. The van der Waals surface area contributed by atoms with Crippen molar-refractivity contribution in [3.05, 3.63) is 48.2 Å². The fraction of sp³-hybridized carbons (Fsp3) is 0.333. The van der Waals surface area contributed by atoms with Crippen LogP contribution in [0.2, 0.25) is 0 Å². The van der Waals surface area contributed by atoms with Crippen molar-refractivity contribution in [1.82, 2.24) is 5.32 Å². The molecule has 4 nitrogen and oxygen atoms in total. The van der Waals surface area contributed by atoms with E-state index in [0.29, 0.717) is 11.3 Å². The minimum Gasteiger partial charge on any atom is -0.349 e. The molecule has 104 valence electrons. The molecule has 1 saturated heterocycles. The van der Waals surface area contributed by atoms with Gasteiger partial charge >= 0.3 is 0 Å². The second kappa shape index (κ2) is 4.62. The molecule has 1 aliphatic heterocycles. The van der Waals surface area contributed by atoms with Crippen molar-refractivity contribution in [2.24, 2.45) is 5.92 Å². The Morgan fingerprint density at radius 3 is 2.55 bits per heavy atom. The van der Waals surface area contributed by atoms with Gasteiger partial charge in [-0.3, -0.25) is 4.79 Å². The Kier molecular flexibility index (Phi) is 3.04. The lowest BCUT2D eigenvalue weighted by Gasteiger charge is -2.17. The van der Waals surface area contributed by atoms with Gasteiger partial charge in [0.05, 0.1) is 16.2 Å². The van der Waals surface area contributed by atoms with Crippen molar-refractivity contribution in [2.75, 3.05) is 0 Å². The summed E-state index contributed by atoms with van der Waals surface area (Å²) in [7, 11) is -3.44. The van der Waals surface area contributed by atoms with Crippen molar-refractivity contribution in [1.29, 1.82) is 0 Å². The average molecular weight is 289 g/mol. The van der Waals surface area contributed by atoms with E-state index in [1.165, 1.54) is 0 Å². The molecular weight excluding hydrogens is 274 g/mol. The number of amides is 1. The first kappa shape index (κ1) is 13.2. The van der Waals surface area contributed by atoms with Crippen LogP contribution >= 0.6 is 0 Å². The van der Waals surface area contributed by atoms with Crippen LogP contribution in [0.1, 0.15) is 12.8 Å². The molecule has 1 aliphatic carbocycles. The van der Waals surface area contributed by atoms with Gasteiger partial charge in [-0.15, -0.1) is 5.73 Å². The summed E-state index contributed by atoms with van der Waals surface area (Å²) in [5.74, 6) is -0.308. The summed E-state index contributed by atoms with van der Waals surface area (Å²) in [5.41, 5.74) is 3.59. The average Bonchev–Trinajstić information content (AvgIpc) is 2.96. The summed E-state index contributed by atoms with van der Waals surface area (Å²) in [4.78, 5) is 11.9. The number of carbonyl (C=O) groups excluding carboxylic acids is 1. The standard InChI is InChI=1S/C15H15NO3S/c1-2-10-8-13(12-9-14(17)16-15(10)12)20(18,19)11-6-4-3-5-7-11/h3-7,12-13,15H,1,8-9H2,(H,16,17)/t12-,13?,15+/m1/s1. The Labute approximate surface area is 118 Å². The van der Waals surface area contributed by atoms with E-state index in [0.717, 1.165) is 5.57 Å². The zero-order chi connectivity index (χ0) is 14.3. The molecule has 3 atom stereocenters. The Bertz CT molecular complexity index is 702. The molecule has 1 N–H and O–H groups in total. The fourth-order valence-corrected chi connectivity index (χ4v) is 5.16. The summed E-state index contributed by atoms with van der Waals surface area (Å²) in [6.45, 7) is 3.61. The maximum Gasteiger partial charge on any atom is 0.220 e. The van der Waals surface area contributed by atoms with Crippen molar-refractivity contribution in [3.63, 3.8) is 0 Å². The van der Waals surface area contributed by atoms with Crippen LogP contribution in [-0.2, 0) is 14.6 Å². The number of sulfone groups is 1. The molecule has 1 saturated carbocycles. The largest absolute Gasteiger partial charge is 0.349 e. The van der Waals surface area contributed by atoms with Gasteiger partial charge in [-0.25, -0.2) is 8.42 Å². The Balaban J connectivity index is 2.03. The maximum atomic E-state index is 12.7. The molecule has 2 aliphatic rings. The van der Waals surface area contributed by atoms with Crippen LogP contribution in [0.4, 0.5) is 0 Å². The topological polar surface area (TPSA) is 63.2 Å². The Morgan fingerprint density at radius 2 is 1.90 bits per heavy atom. The monoisotopic (exact) mass is 289 g/mol. The van der Waals surface area contributed by atoms with E-state index >= 15 is 0 Å². The predicted octanol–water partition coefficient (Wildman–Crippen LogP) is 1.45. The lowest BCUT2D eigenvalue weighted by atomic mass is 10.0. The molecule has 2 fully saturated rings. The molecule has 3 rings (SSSR count). The van der Waals surface area contributed by atoms with Gasteiger partial charge in [-0.1, -0.05) is 24.8 Å². The summed E-state index contributed by atoms with van der Waals surface area (Å²) in [6, 6.07) is 8.19. The number of hydrogen-bond acceptors (Lipinski definition) is 3. The molecular formula is C15H15NO3S. The van der Waals surface area contributed by atoms with Crippen LogP contribution in [0.3, 0.4) is 0 Å². The van der Waals surface area contributed by atoms with Crippen LogP contribution in [-0.4, -0.2) is 25.6 Å². The Morgan fingerprint density at radius 1 is 1.20 bits per heavy atom. The third kappa shape index (κ3) is 1.90.